The minimum Gasteiger partial charge on any atom is -0.359 e. The third kappa shape index (κ3) is 2.49. The van der Waals surface area contributed by atoms with E-state index < -0.39 is 0 Å². The molecule has 7 heteroatoms. The Morgan fingerprint density at radius 2 is 2.17 bits per heavy atom. The van der Waals surface area contributed by atoms with Gasteiger partial charge in [0.25, 0.3) is 0 Å². The van der Waals surface area contributed by atoms with Gasteiger partial charge in [-0.05, 0) is 37.6 Å². The number of anilines is 1. The van der Waals surface area contributed by atoms with Crippen LogP contribution in [-0.4, -0.2) is 24.7 Å². The van der Waals surface area contributed by atoms with Crippen molar-refractivity contribution in [3.8, 4) is 0 Å². The van der Waals surface area contributed by atoms with Crippen molar-refractivity contribution in [2.45, 2.75) is 52.6 Å². The fourth-order valence-corrected chi connectivity index (χ4v) is 4.11. The molecule has 3 aromatic rings. The molecule has 3 aromatic heterocycles. The summed E-state index contributed by atoms with van der Waals surface area (Å²) < 4.78 is 2.05. The Labute approximate surface area is 139 Å². The van der Waals surface area contributed by atoms with Gasteiger partial charge in [0.1, 0.15) is 22.3 Å². The van der Waals surface area contributed by atoms with Crippen molar-refractivity contribution >= 4 is 27.4 Å². The van der Waals surface area contributed by atoms with E-state index in [1.54, 1.807) is 11.3 Å². The molecule has 0 bridgehead atoms. The van der Waals surface area contributed by atoms with Crippen LogP contribution in [0.25, 0.3) is 10.2 Å². The monoisotopic (exact) mass is 328 g/mol. The molecule has 0 fully saturated rings. The van der Waals surface area contributed by atoms with E-state index in [0.29, 0.717) is 0 Å². The molecule has 4 rings (SSSR count). The van der Waals surface area contributed by atoms with Crippen LogP contribution in [0.1, 0.15) is 48.8 Å². The zero-order valence-electron chi connectivity index (χ0n) is 13.6. The summed E-state index contributed by atoms with van der Waals surface area (Å²) in [6, 6.07) is 0.161. The smallest absolute Gasteiger partial charge is 0.150 e. The van der Waals surface area contributed by atoms with Gasteiger partial charge in [0, 0.05) is 13.0 Å². The second-order valence-electron chi connectivity index (χ2n) is 6.02. The minimum absolute atomic E-state index is 0.161. The van der Waals surface area contributed by atoms with Crippen LogP contribution in [0.15, 0.2) is 5.38 Å². The first kappa shape index (κ1) is 14.6. The molecule has 1 aliphatic heterocycles. The predicted molar refractivity (Wildman–Crippen MR) is 91.9 cm³/mol. The van der Waals surface area contributed by atoms with E-state index in [4.69, 9.17) is 4.98 Å². The molecular formula is C16H20N6S. The van der Waals surface area contributed by atoms with Crippen LogP contribution in [0.2, 0.25) is 0 Å². The van der Waals surface area contributed by atoms with E-state index in [9.17, 15) is 0 Å². The van der Waals surface area contributed by atoms with E-state index in [2.05, 4.69) is 39.6 Å². The zero-order chi connectivity index (χ0) is 16.0. The summed E-state index contributed by atoms with van der Waals surface area (Å²) in [4.78, 5) is 15.0. The van der Waals surface area contributed by atoms with E-state index in [1.165, 1.54) is 5.56 Å². The van der Waals surface area contributed by atoms with Crippen LogP contribution in [0.3, 0.4) is 0 Å². The molecule has 4 heterocycles. The summed E-state index contributed by atoms with van der Waals surface area (Å²) in [5.41, 5.74) is 1.22. The van der Waals surface area contributed by atoms with Crippen LogP contribution < -0.4 is 5.32 Å². The highest BCUT2D eigenvalue weighted by Crippen LogP contribution is 2.33. The third-order valence-electron chi connectivity index (χ3n) is 4.28. The molecule has 23 heavy (non-hydrogen) atoms. The topological polar surface area (TPSA) is 68.5 Å². The normalized spacial score (nSPS) is 17.4. The Hall–Kier alpha value is -2.02. The molecule has 0 aliphatic carbocycles. The van der Waals surface area contributed by atoms with Crippen LogP contribution in [0.4, 0.5) is 5.82 Å². The van der Waals surface area contributed by atoms with Gasteiger partial charge in [0.15, 0.2) is 5.82 Å². The fourth-order valence-electron chi connectivity index (χ4n) is 3.15. The lowest BCUT2D eigenvalue weighted by molar-refractivity contribution is 0.436. The molecule has 1 aliphatic rings. The lowest BCUT2D eigenvalue weighted by Gasteiger charge is -2.24. The fraction of sp³-hybridized carbons (Fsp3) is 0.500. The molecular weight excluding hydrogens is 308 g/mol. The van der Waals surface area contributed by atoms with Crippen LogP contribution >= 0.6 is 11.3 Å². The van der Waals surface area contributed by atoms with Crippen LogP contribution in [-0.2, 0) is 13.0 Å². The SMILES string of the molecule is CCc1nc2n(n1)CCCC2Nc1nc(C)nc2scc(C)c12. The van der Waals surface area contributed by atoms with Crippen LogP contribution in [0.5, 0.6) is 0 Å². The Morgan fingerprint density at radius 1 is 1.30 bits per heavy atom. The molecule has 1 unspecified atom stereocenters. The molecule has 120 valence electrons. The third-order valence-corrected chi connectivity index (χ3v) is 5.27. The predicted octanol–water partition coefficient (Wildman–Crippen LogP) is 3.41. The number of aromatic nitrogens is 5. The van der Waals surface area contributed by atoms with Gasteiger partial charge >= 0.3 is 0 Å². The average molecular weight is 328 g/mol. The molecule has 0 aromatic carbocycles. The number of fused-ring (bicyclic) bond motifs is 2. The summed E-state index contributed by atoms with van der Waals surface area (Å²) in [5.74, 6) is 3.67. The quantitative estimate of drug-likeness (QED) is 0.798. The van der Waals surface area contributed by atoms with Gasteiger partial charge in [-0.1, -0.05) is 6.92 Å². The Bertz CT molecular complexity index is 865. The largest absolute Gasteiger partial charge is 0.359 e. The first-order valence-electron chi connectivity index (χ1n) is 8.08. The number of nitrogens with one attached hydrogen (secondary N) is 1. The number of rotatable bonds is 3. The molecule has 0 radical (unpaired) electrons. The number of aryl methyl sites for hydroxylation is 4. The maximum Gasteiger partial charge on any atom is 0.150 e. The van der Waals surface area contributed by atoms with Gasteiger partial charge in [-0.25, -0.2) is 19.6 Å². The molecule has 1 N–H and O–H groups in total. The molecule has 0 saturated heterocycles. The van der Waals surface area contributed by atoms with E-state index in [0.717, 1.165) is 59.3 Å². The summed E-state index contributed by atoms with van der Waals surface area (Å²) in [6.07, 6.45) is 3.02. The number of nitrogens with zero attached hydrogens (tertiary/aromatic N) is 5. The minimum atomic E-state index is 0.161. The highest BCUT2D eigenvalue weighted by atomic mass is 32.1. The summed E-state index contributed by atoms with van der Waals surface area (Å²) >= 11 is 1.67. The van der Waals surface area contributed by atoms with Gasteiger partial charge in [0.2, 0.25) is 0 Å². The van der Waals surface area contributed by atoms with Crippen molar-refractivity contribution in [2.75, 3.05) is 5.32 Å². The summed E-state index contributed by atoms with van der Waals surface area (Å²) in [7, 11) is 0. The second kappa shape index (κ2) is 5.56. The van der Waals surface area contributed by atoms with Crippen molar-refractivity contribution in [3.05, 3.63) is 28.4 Å². The molecule has 0 amide bonds. The molecule has 0 spiro atoms. The Balaban J connectivity index is 1.75. The van der Waals surface area contributed by atoms with Crippen molar-refractivity contribution in [1.82, 2.24) is 24.7 Å². The first-order valence-corrected chi connectivity index (χ1v) is 8.96. The summed E-state index contributed by atoms with van der Waals surface area (Å²) in [5, 5.41) is 11.5. The maximum absolute atomic E-state index is 4.71. The van der Waals surface area contributed by atoms with E-state index in [1.807, 2.05) is 11.6 Å². The number of hydrogen-bond acceptors (Lipinski definition) is 6. The van der Waals surface area contributed by atoms with Crippen LogP contribution in [0, 0.1) is 13.8 Å². The van der Waals surface area contributed by atoms with Gasteiger partial charge in [-0.2, -0.15) is 5.10 Å². The van der Waals surface area contributed by atoms with Gasteiger partial charge in [0.05, 0.1) is 11.4 Å². The Kier molecular flexibility index (Phi) is 3.52. The maximum atomic E-state index is 4.71. The number of hydrogen-bond donors (Lipinski definition) is 1. The van der Waals surface area contributed by atoms with Gasteiger partial charge < -0.3 is 5.32 Å². The first-order chi connectivity index (χ1) is 11.2. The van der Waals surface area contributed by atoms with Crippen molar-refractivity contribution < 1.29 is 0 Å². The lowest BCUT2D eigenvalue weighted by Crippen LogP contribution is -2.23. The zero-order valence-corrected chi connectivity index (χ0v) is 14.4. The molecule has 0 saturated carbocycles. The Morgan fingerprint density at radius 3 is 3.00 bits per heavy atom. The van der Waals surface area contributed by atoms with Crippen molar-refractivity contribution in [1.29, 1.82) is 0 Å². The van der Waals surface area contributed by atoms with E-state index in [-0.39, 0.29) is 6.04 Å². The molecule has 6 nitrogen and oxygen atoms in total. The van der Waals surface area contributed by atoms with Gasteiger partial charge in [-0.3, -0.25) is 0 Å². The van der Waals surface area contributed by atoms with Crippen molar-refractivity contribution in [2.24, 2.45) is 0 Å². The average Bonchev–Trinajstić information content (AvgIpc) is 3.11. The summed E-state index contributed by atoms with van der Waals surface area (Å²) in [6.45, 7) is 7.10. The highest BCUT2D eigenvalue weighted by Gasteiger charge is 2.25. The second-order valence-corrected chi connectivity index (χ2v) is 6.88. The standard InChI is InChI=1S/C16H20N6S/c1-4-12-20-15-11(6-5-7-22(15)21-12)19-14-13-9(2)8-23-16(13)18-10(3)17-14/h8,11H,4-7H2,1-3H3,(H,17,18,19). The van der Waals surface area contributed by atoms with E-state index >= 15 is 0 Å². The molecule has 1 atom stereocenters. The lowest BCUT2D eigenvalue weighted by atomic mass is 10.1. The number of thiophene rings is 1. The van der Waals surface area contributed by atoms with Gasteiger partial charge in [-0.15, -0.1) is 11.3 Å². The van der Waals surface area contributed by atoms with Crippen molar-refractivity contribution in [3.63, 3.8) is 0 Å². The highest BCUT2D eigenvalue weighted by molar-refractivity contribution is 7.17.